The zero-order valence-electron chi connectivity index (χ0n) is 8.53. The lowest BCUT2D eigenvalue weighted by Gasteiger charge is -2.19. The van der Waals surface area contributed by atoms with Crippen LogP contribution >= 0.6 is 11.6 Å². The van der Waals surface area contributed by atoms with Crippen LogP contribution in [0.4, 0.5) is 0 Å². The van der Waals surface area contributed by atoms with Crippen molar-refractivity contribution in [2.75, 3.05) is 0 Å². The van der Waals surface area contributed by atoms with E-state index < -0.39 is 11.5 Å². The fourth-order valence-electron chi connectivity index (χ4n) is 1.32. The Bertz CT molecular complexity index is 363. The normalized spacial score (nSPS) is 14.6. The molecule has 0 unspecified atom stereocenters. The molecule has 0 aliphatic rings. The first kappa shape index (κ1) is 12.0. The van der Waals surface area contributed by atoms with Gasteiger partial charge in [-0.25, -0.2) is 0 Å². The molecule has 0 bridgehead atoms. The number of halogens is 1. The summed E-state index contributed by atoms with van der Waals surface area (Å²) in [5.41, 5.74) is 6.28. The average Bonchev–Trinajstić information content (AvgIpc) is 2.17. The number of hydrogen-bond acceptors (Lipinski definition) is 2. The van der Waals surface area contributed by atoms with Crippen molar-refractivity contribution in [1.29, 1.82) is 0 Å². The minimum Gasteiger partial charge on any atom is -0.480 e. The van der Waals surface area contributed by atoms with Gasteiger partial charge in [0.1, 0.15) is 5.54 Å². The number of alkyl halides is 1. The average molecular weight is 228 g/mol. The third kappa shape index (κ3) is 3.22. The van der Waals surface area contributed by atoms with Gasteiger partial charge in [0.2, 0.25) is 0 Å². The van der Waals surface area contributed by atoms with Gasteiger partial charge in [0.15, 0.2) is 0 Å². The van der Waals surface area contributed by atoms with Gasteiger partial charge in [-0.1, -0.05) is 24.3 Å². The van der Waals surface area contributed by atoms with E-state index in [9.17, 15) is 4.79 Å². The molecule has 0 heterocycles. The van der Waals surface area contributed by atoms with Crippen molar-refractivity contribution in [3.63, 3.8) is 0 Å². The minimum atomic E-state index is -1.23. The number of benzene rings is 1. The Morgan fingerprint density at radius 3 is 2.67 bits per heavy atom. The monoisotopic (exact) mass is 227 g/mol. The highest BCUT2D eigenvalue weighted by molar-refractivity contribution is 6.17. The summed E-state index contributed by atoms with van der Waals surface area (Å²) in [5.74, 6) is -0.582. The van der Waals surface area contributed by atoms with Crippen LogP contribution in [0.3, 0.4) is 0 Å². The second-order valence-corrected chi connectivity index (χ2v) is 4.12. The van der Waals surface area contributed by atoms with Gasteiger partial charge in [-0.15, -0.1) is 11.6 Å². The molecular formula is C11H14ClNO2. The lowest BCUT2D eigenvalue weighted by atomic mass is 9.93. The van der Waals surface area contributed by atoms with Crippen LogP contribution in [-0.4, -0.2) is 16.6 Å². The molecule has 3 N–H and O–H groups in total. The molecule has 1 aromatic rings. The zero-order valence-corrected chi connectivity index (χ0v) is 9.29. The standard InChI is InChI=1S/C11H14ClNO2/c1-11(13,10(14)15)6-8-3-2-4-9(5-8)7-12/h2-5H,6-7,13H2,1H3,(H,14,15)/t11-/m0/s1. The Morgan fingerprint density at radius 1 is 1.53 bits per heavy atom. The number of rotatable bonds is 4. The topological polar surface area (TPSA) is 63.3 Å². The molecule has 0 fully saturated rings. The Hall–Kier alpha value is -1.06. The van der Waals surface area contributed by atoms with E-state index in [0.717, 1.165) is 11.1 Å². The minimum absolute atomic E-state index is 0.299. The Kier molecular flexibility index (Phi) is 3.72. The molecule has 0 aliphatic carbocycles. The third-order valence-corrected chi connectivity index (χ3v) is 2.51. The van der Waals surface area contributed by atoms with Crippen LogP contribution in [0.2, 0.25) is 0 Å². The number of carboxylic acids is 1. The maximum absolute atomic E-state index is 10.8. The van der Waals surface area contributed by atoms with Crippen molar-refractivity contribution in [2.24, 2.45) is 5.73 Å². The first-order valence-electron chi connectivity index (χ1n) is 4.62. The molecule has 4 heteroatoms. The number of aliphatic carboxylic acids is 1. The van der Waals surface area contributed by atoms with Crippen molar-refractivity contribution >= 4 is 17.6 Å². The molecule has 0 aliphatic heterocycles. The lowest BCUT2D eigenvalue weighted by molar-refractivity contribution is -0.142. The van der Waals surface area contributed by atoms with Crippen molar-refractivity contribution < 1.29 is 9.90 Å². The van der Waals surface area contributed by atoms with Crippen LogP contribution in [0.15, 0.2) is 24.3 Å². The predicted molar refractivity (Wildman–Crippen MR) is 59.9 cm³/mol. The second kappa shape index (κ2) is 4.64. The van der Waals surface area contributed by atoms with Gasteiger partial charge in [-0.05, 0) is 18.1 Å². The molecule has 1 aromatic carbocycles. The molecular weight excluding hydrogens is 214 g/mol. The van der Waals surface area contributed by atoms with Gasteiger partial charge in [-0.3, -0.25) is 4.79 Å². The molecule has 0 spiro atoms. The summed E-state index contributed by atoms with van der Waals surface area (Å²) in [6, 6.07) is 7.47. The van der Waals surface area contributed by atoms with Crippen LogP contribution in [0, 0.1) is 0 Å². The number of carboxylic acid groups (broad SMARTS) is 1. The quantitative estimate of drug-likeness (QED) is 0.771. The van der Waals surface area contributed by atoms with Crippen LogP contribution in [0.5, 0.6) is 0 Å². The van der Waals surface area contributed by atoms with Gasteiger partial charge in [0, 0.05) is 12.3 Å². The van der Waals surface area contributed by atoms with E-state index >= 15 is 0 Å². The van der Waals surface area contributed by atoms with Crippen LogP contribution in [-0.2, 0) is 17.1 Å². The smallest absolute Gasteiger partial charge is 0.323 e. The number of hydrogen-bond donors (Lipinski definition) is 2. The summed E-state index contributed by atoms with van der Waals surface area (Å²) >= 11 is 5.69. The predicted octanol–water partition coefficient (Wildman–Crippen LogP) is 1.77. The maximum Gasteiger partial charge on any atom is 0.323 e. The van der Waals surface area contributed by atoms with Gasteiger partial charge < -0.3 is 10.8 Å². The Balaban J connectivity index is 2.85. The molecule has 1 rings (SSSR count). The lowest BCUT2D eigenvalue weighted by Crippen LogP contribution is -2.46. The van der Waals surface area contributed by atoms with Crippen LogP contribution in [0.1, 0.15) is 18.1 Å². The number of carbonyl (C=O) groups is 1. The summed E-state index contributed by atoms with van der Waals surface area (Å²) < 4.78 is 0. The zero-order chi connectivity index (χ0) is 11.5. The molecule has 0 amide bonds. The van der Waals surface area contributed by atoms with Gasteiger partial charge >= 0.3 is 5.97 Å². The molecule has 1 atom stereocenters. The van der Waals surface area contributed by atoms with Crippen molar-refractivity contribution in [3.05, 3.63) is 35.4 Å². The molecule has 3 nitrogen and oxygen atoms in total. The largest absolute Gasteiger partial charge is 0.480 e. The summed E-state index contributed by atoms with van der Waals surface area (Å²) in [6.07, 6.45) is 0.299. The van der Waals surface area contributed by atoms with E-state index in [2.05, 4.69) is 0 Å². The number of nitrogens with two attached hydrogens (primary N) is 1. The van der Waals surface area contributed by atoms with E-state index in [1.54, 1.807) is 0 Å². The summed E-state index contributed by atoms with van der Waals surface area (Å²) in [7, 11) is 0. The second-order valence-electron chi connectivity index (χ2n) is 3.85. The molecule has 0 radical (unpaired) electrons. The van der Waals surface area contributed by atoms with E-state index in [0.29, 0.717) is 12.3 Å². The van der Waals surface area contributed by atoms with E-state index in [1.807, 2.05) is 24.3 Å². The third-order valence-electron chi connectivity index (χ3n) is 2.21. The van der Waals surface area contributed by atoms with E-state index in [1.165, 1.54) is 6.92 Å². The van der Waals surface area contributed by atoms with Gasteiger partial charge in [0.05, 0.1) is 0 Å². The highest BCUT2D eigenvalue weighted by atomic mass is 35.5. The van der Waals surface area contributed by atoms with Crippen LogP contribution in [0.25, 0.3) is 0 Å². The highest BCUT2D eigenvalue weighted by Gasteiger charge is 2.27. The molecule has 15 heavy (non-hydrogen) atoms. The van der Waals surface area contributed by atoms with Gasteiger partial charge in [-0.2, -0.15) is 0 Å². The van der Waals surface area contributed by atoms with Crippen molar-refractivity contribution in [3.8, 4) is 0 Å². The Labute approximate surface area is 93.9 Å². The van der Waals surface area contributed by atoms with Crippen molar-refractivity contribution in [1.82, 2.24) is 0 Å². The first-order chi connectivity index (χ1) is 6.95. The molecule has 82 valence electrons. The molecule has 0 aromatic heterocycles. The summed E-state index contributed by atoms with van der Waals surface area (Å²) in [5, 5.41) is 8.88. The van der Waals surface area contributed by atoms with Crippen molar-refractivity contribution in [2.45, 2.75) is 24.8 Å². The van der Waals surface area contributed by atoms with E-state index in [4.69, 9.17) is 22.4 Å². The maximum atomic E-state index is 10.8. The fraction of sp³-hybridized carbons (Fsp3) is 0.364. The SMILES string of the molecule is C[C@](N)(Cc1cccc(CCl)c1)C(=O)O. The van der Waals surface area contributed by atoms with Crippen LogP contribution < -0.4 is 5.73 Å². The molecule has 0 saturated carbocycles. The molecule has 0 saturated heterocycles. The summed E-state index contributed by atoms with van der Waals surface area (Å²) in [4.78, 5) is 10.8. The van der Waals surface area contributed by atoms with E-state index in [-0.39, 0.29) is 0 Å². The first-order valence-corrected chi connectivity index (χ1v) is 5.15. The summed E-state index contributed by atoms with van der Waals surface area (Å²) in [6.45, 7) is 1.50. The fourth-order valence-corrected chi connectivity index (χ4v) is 1.49. The Morgan fingerprint density at radius 2 is 2.13 bits per heavy atom. The van der Waals surface area contributed by atoms with Gasteiger partial charge in [0.25, 0.3) is 0 Å². The highest BCUT2D eigenvalue weighted by Crippen LogP contribution is 2.14.